The predicted octanol–water partition coefficient (Wildman–Crippen LogP) is 4.92. The molecule has 0 radical (unpaired) electrons. The first-order valence-corrected chi connectivity index (χ1v) is 9.22. The van der Waals surface area contributed by atoms with Crippen molar-refractivity contribution in [3.8, 4) is 5.75 Å². The van der Waals surface area contributed by atoms with E-state index in [0.29, 0.717) is 12.8 Å². The fraction of sp³-hybridized carbons (Fsp3) is 0.409. The molecule has 1 fully saturated rings. The average Bonchev–Trinajstić information content (AvgIpc) is 3.05. The molecule has 2 atom stereocenters. The Morgan fingerprint density at radius 3 is 2.37 bits per heavy atom. The molecule has 2 aromatic rings. The minimum Gasteiger partial charge on any atom is -0.497 e. The number of ether oxygens (including phenoxy) is 2. The van der Waals surface area contributed by atoms with E-state index in [-0.39, 0.29) is 12.1 Å². The largest absolute Gasteiger partial charge is 0.497 e. The fourth-order valence-electron chi connectivity index (χ4n) is 3.18. The lowest BCUT2D eigenvalue weighted by atomic mass is 9.98. The number of hydroxylamine groups is 2. The summed E-state index contributed by atoms with van der Waals surface area (Å²) in [6.07, 6.45) is 0.782. The quantitative estimate of drug-likeness (QED) is 0.767. The van der Waals surface area contributed by atoms with Crippen LogP contribution in [-0.4, -0.2) is 29.9 Å². The first kappa shape index (κ1) is 19.2. The summed E-state index contributed by atoms with van der Waals surface area (Å²) in [5.74, 6) is 0.793. The number of benzene rings is 2. The molecule has 5 heteroatoms. The highest BCUT2D eigenvalue weighted by Gasteiger charge is 2.39. The maximum atomic E-state index is 12.7. The average molecular weight is 369 g/mol. The molecule has 0 aliphatic carbocycles. The van der Waals surface area contributed by atoms with Crippen molar-refractivity contribution in [3.63, 3.8) is 0 Å². The summed E-state index contributed by atoms with van der Waals surface area (Å²) in [5.41, 5.74) is 1.60. The molecular weight excluding hydrogens is 342 g/mol. The van der Waals surface area contributed by atoms with Crippen LogP contribution in [0.15, 0.2) is 54.6 Å². The van der Waals surface area contributed by atoms with Gasteiger partial charge in [0.05, 0.1) is 13.2 Å². The minimum atomic E-state index is -0.573. The second-order valence-electron chi connectivity index (χ2n) is 7.75. The summed E-state index contributed by atoms with van der Waals surface area (Å²) >= 11 is 0. The Morgan fingerprint density at radius 1 is 1.11 bits per heavy atom. The maximum absolute atomic E-state index is 12.7. The molecule has 144 valence electrons. The topological polar surface area (TPSA) is 48.0 Å². The molecule has 0 bridgehead atoms. The van der Waals surface area contributed by atoms with Crippen LogP contribution in [0.5, 0.6) is 5.75 Å². The van der Waals surface area contributed by atoms with Crippen molar-refractivity contribution in [2.45, 2.75) is 51.4 Å². The molecule has 0 saturated carbocycles. The van der Waals surface area contributed by atoms with E-state index in [9.17, 15) is 4.79 Å². The molecule has 3 rings (SSSR count). The Hall–Kier alpha value is -2.53. The Labute approximate surface area is 160 Å². The van der Waals surface area contributed by atoms with Gasteiger partial charge in [0.2, 0.25) is 0 Å². The molecule has 1 aliphatic heterocycles. The van der Waals surface area contributed by atoms with Crippen LogP contribution in [0.1, 0.15) is 44.4 Å². The van der Waals surface area contributed by atoms with E-state index in [4.69, 9.17) is 14.3 Å². The number of hydrogen-bond donors (Lipinski definition) is 0. The predicted molar refractivity (Wildman–Crippen MR) is 103 cm³/mol. The smallest absolute Gasteiger partial charge is 0.434 e. The summed E-state index contributed by atoms with van der Waals surface area (Å²) < 4.78 is 10.8. The monoisotopic (exact) mass is 369 g/mol. The van der Waals surface area contributed by atoms with Gasteiger partial charge in [0.25, 0.3) is 0 Å². The molecule has 27 heavy (non-hydrogen) atoms. The number of rotatable bonds is 4. The summed E-state index contributed by atoms with van der Waals surface area (Å²) in [6.45, 7) is 5.57. The first-order valence-electron chi connectivity index (χ1n) is 9.22. The van der Waals surface area contributed by atoms with Crippen LogP contribution in [0.3, 0.4) is 0 Å². The van der Waals surface area contributed by atoms with E-state index in [2.05, 4.69) is 12.1 Å². The SMILES string of the molecule is COc1ccc([C@@H]2C[C@@H](Cc3ccccc3)N(C(=O)OC(C)(C)C)O2)cc1. The van der Waals surface area contributed by atoms with E-state index < -0.39 is 11.7 Å². The molecule has 1 aliphatic rings. The summed E-state index contributed by atoms with van der Waals surface area (Å²) in [5, 5.41) is 1.41. The van der Waals surface area contributed by atoms with Crippen LogP contribution < -0.4 is 4.74 Å². The molecule has 0 aromatic heterocycles. The Morgan fingerprint density at radius 2 is 1.78 bits per heavy atom. The molecule has 0 N–H and O–H groups in total. The van der Waals surface area contributed by atoms with Gasteiger partial charge in [-0.05, 0) is 50.5 Å². The van der Waals surface area contributed by atoms with E-state index >= 15 is 0 Å². The van der Waals surface area contributed by atoms with Crippen LogP contribution >= 0.6 is 0 Å². The van der Waals surface area contributed by atoms with Crippen molar-refractivity contribution in [2.75, 3.05) is 7.11 Å². The number of methoxy groups -OCH3 is 1. The van der Waals surface area contributed by atoms with Crippen LogP contribution in [0.25, 0.3) is 0 Å². The van der Waals surface area contributed by atoms with Crippen LogP contribution in [0.2, 0.25) is 0 Å². The van der Waals surface area contributed by atoms with Gasteiger partial charge in [-0.2, -0.15) is 5.06 Å². The van der Waals surface area contributed by atoms with Crippen LogP contribution in [0.4, 0.5) is 4.79 Å². The molecule has 0 spiro atoms. The number of amides is 1. The van der Waals surface area contributed by atoms with Gasteiger partial charge >= 0.3 is 6.09 Å². The second-order valence-corrected chi connectivity index (χ2v) is 7.75. The van der Waals surface area contributed by atoms with Gasteiger partial charge in [0.1, 0.15) is 17.5 Å². The van der Waals surface area contributed by atoms with E-state index in [1.165, 1.54) is 5.06 Å². The number of nitrogens with zero attached hydrogens (tertiary/aromatic N) is 1. The number of carbonyl (C=O) groups excluding carboxylic acids is 1. The molecule has 1 heterocycles. The third-order valence-corrected chi connectivity index (χ3v) is 4.43. The standard InChI is InChI=1S/C22H27NO4/c1-22(2,3)26-21(24)23-18(14-16-8-6-5-7-9-16)15-20(27-23)17-10-12-19(25-4)13-11-17/h5-13,18,20H,14-15H2,1-4H3/t18-,20+/m1/s1. The fourth-order valence-corrected chi connectivity index (χ4v) is 3.18. The zero-order valence-corrected chi connectivity index (χ0v) is 16.3. The maximum Gasteiger partial charge on any atom is 0.434 e. The van der Waals surface area contributed by atoms with Crippen molar-refractivity contribution in [2.24, 2.45) is 0 Å². The lowest BCUT2D eigenvalue weighted by Gasteiger charge is -2.27. The highest BCUT2D eigenvalue weighted by Crippen LogP contribution is 2.36. The minimum absolute atomic E-state index is 0.0886. The third-order valence-electron chi connectivity index (χ3n) is 4.43. The number of carbonyl (C=O) groups is 1. The van der Waals surface area contributed by atoms with Gasteiger partial charge in [-0.1, -0.05) is 42.5 Å². The van der Waals surface area contributed by atoms with E-state index in [1.807, 2.05) is 63.2 Å². The first-order chi connectivity index (χ1) is 12.9. The lowest BCUT2D eigenvalue weighted by molar-refractivity contribution is -0.151. The van der Waals surface area contributed by atoms with Crippen molar-refractivity contribution >= 4 is 6.09 Å². The summed E-state index contributed by atoms with van der Waals surface area (Å²) in [4.78, 5) is 18.7. The molecule has 0 unspecified atom stereocenters. The molecule has 1 amide bonds. The van der Waals surface area contributed by atoms with Gasteiger partial charge < -0.3 is 9.47 Å². The van der Waals surface area contributed by atoms with Crippen molar-refractivity contribution in [1.82, 2.24) is 5.06 Å². The van der Waals surface area contributed by atoms with Crippen molar-refractivity contribution < 1.29 is 19.1 Å². The van der Waals surface area contributed by atoms with E-state index in [1.54, 1.807) is 7.11 Å². The van der Waals surface area contributed by atoms with Gasteiger partial charge in [-0.15, -0.1) is 0 Å². The van der Waals surface area contributed by atoms with Gasteiger partial charge in [-0.25, -0.2) is 4.79 Å². The zero-order valence-electron chi connectivity index (χ0n) is 16.3. The Kier molecular flexibility index (Phi) is 5.71. The molecule has 1 saturated heterocycles. The second kappa shape index (κ2) is 8.01. The van der Waals surface area contributed by atoms with Crippen molar-refractivity contribution in [3.05, 3.63) is 65.7 Å². The van der Waals surface area contributed by atoms with Crippen LogP contribution in [0, 0.1) is 0 Å². The number of hydrogen-bond acceptors (Lipinski definition) is 4. The molecule has 5 nitrogen and oxygen atoms in total. The molecular formula is C22H27NO4. The zero-order chi connectivity index (χ0) is 19.4. The van der Waals surface area contributed by atoms with Gasteiger partial charge in [0, 0.05) is 6.42 Å². The highest BCUT2D eigenvalue weighted by atomic mass is 16.7. The summed E-state index contributed by atoms with van der Waals surface area (Å²) in [6, 6.07) is 17.8. The van der Waals surface area contributed by atoms with Crippen molar-refractivity contribution in [1.29, 1.82) is 0 Å². The highest BCUT2D eigenvalue weighted by molar-refractivity contribution is 5.67. The summed E-state index contributed by atoms with van der Waals surface area (Å²) in [7, 11) is 1.64. The van der Waals surface area contributed by atoms with Gasteiger partial charge in [0.15, 0.2) is 0 Å². The van der Waals surface area contributed by atoms with Gasteiger partial charge in [-0.3, -0.25) is 4.84 Å². The third kappa shape index (κ3) is 5.01. The van der Waals surface area contributed by atoms with E-state index in [0.717, 1.165) is 16.9 Å². The lowest BCUT2D eigenvalue weighted by Crippen LogP contribution is -2.39. The molecule has 2 aromatic carbocycles. The Bertz CT molecular complexity index is 752. The van der Waals surface area contributed by atoms with Crippen LogP contribution in [-0.2, 0) is 16.0 Å². The normalized spacial score (nSPS) is 19.8. The Balaban J connectivity index is 1.79.